The molecule has 1 saturated carbocycles. The molecule has 96 valence electrons. The quantitative estimate of drug-likeness (QED) is 0.887. The average Bonchev–Trinajstić information content (AvgIpc) is 2.94. The zero-order valence-corrected chi connectivity index (χ0v) is 11.5. The van der Waals surface area contributed by atoms with E-state index in [1.165, 1.54) is 12.8 Å². The summed E-state index contributed by atoms with van der Waals surface area (Å²) < 4.78 is 2.72. The fraction of sp³-hybridized carbons (Fsp3) is 0.500. The minimum Gasteiger partial charge on any atom is -0.396 e. The number of rotatable bonds is 5. The van der Waals surface area contributed by atoms with E-state index in [-0.39, 0.29) is 12.0 Å². The molecule has 1 aliphatic carbocycles. The van der Waals surface area contributed by atoms with Gasteiger partial charge in [-0.25, -0.2) is 9.97 Å². The summed E-state index contributed by atoms with van der Waals surface area (Å²) in [6.07, 6.45) is 8.76. The number of hydrogen-bond donors (Lipinski definition) is 2. The van der Waals surface area contributed by atoms with Gasteiger partial charge in [-0.1, -0.05) is 0 Å². The lowest BCUT2D eigenvalue weighted by Gasteiger charge is -2.15. The van der Waals surface area contributed by atoms with Gasteiger partial charge in [-0.15, -0.1) is 0 Å². The first-order chi connectivity index (χ1) is 8.72. The lowest BCUT2D eigenvalue weighted by molar-refractivity contribution is 0.253. The first-order valence-corrected chi connectivity index (χ1v) is 6.86. The molecule has 0 amide bonds. The fourth-order valence-electron chi connectivity index (χ4n) is 2.22. The van der Waals surface area contributed by atoms with E-state index in [9.17, 15) is 0 Å². The average molecular weight is 311 g/mol. The molecule has 0 atom stereocenters. The molecule has 2 N–H and O–H groups in total. The maximum atomic E-state index is 9.05. The van der Waals surface area contributed by atoms with Crippen LogP contribution < -0.4 is 5.32 Å². The van der Waals surface area contributed by atoms with E-state index < -0.39 is 0 Å². The Kier molecular flexibility index (Phi) is 2.99. The topological polar surface area (TPSA) is 62.5 Å². The van der Waals surface area contributed by atoms with E-state index in [2.05, 4.69) is 31.2 Å². The zero-order valence-electron chi connectivity index (χ0n) is 9.93. The third-order valence-corrected chi connectivity index (χ3v) is 3.96. The largest absolute Gasteiger partial charge is 0.396 e. The molecule has 0 aromatic carbocycles. The molecule has 0 unspecified atom stereocenters. The first-order valence-electron chi connectivity index (χ1n) is 6.06. The maximum Gasteiger partial charge on any atom is 0.180 e. The van der Waals surface area contributed by atoms with Gasteiger partial charge in [-0.2, -0.15) is 0 Å². The van der Waals surface area contributed by atoms with Gasteiger partial charge < -0.3 is 14.8 Å². The monoisotopic (exact) mass is 310 g/mol. The molecule has 0 bridgehead atoms. The summed E-state index contributed by atoms with van der Waals surface area (Å²) in [4.78, 5) is 8.72. The second kappa shape index (κ2) is 4.51. The highest BCUT2D eigenvalue weighted by Gasteiger charge is 2.41. The molecule has 1 fully saturated rings. The van der Waals surface area contributed by atoms with Crippen molar-refractivity contribution in [3.8, 4) is 0 Å². The van der Waals surface area contributed by atoms with Crippen LogP contribution in [0.4, 0.5) is 5.82 Å². The van der Waals surface area contributed by atoms with Crippen molar-refractivity contribution in [2.75, 3.05) is 18.5 Å². The number of hydrogen-bond acceptors (Lipinski definition) is 4. The molecule has 2 aromatic heterocycles. The van der Waals surface area contributed by atoms with Crippen LogP contribution in [0, 0.1) is 5.41 Å². The van der Waals surface area contributed by atoms with Crippen LogP contribution in [-0.2, 0) is 0 Å². The molecule has 6 heteroatoms. The van der Waals surface area contributed by atoms with Crippen LogP contribution in [0.1, 0.15) is 19.3 Å². The Morgan fingerprint density at radius 2 is 2.33 bits per heavy atom. The molecule has 0 spiro atoms. The van der Waals surface area contributed by atoms with Crippen molar-refractivity contribution in [2.45, 2.75) is 19.3 Å². The third-order valence-electron chi connectivity index (χ3n) is 3.57. The predicted octanol–water partition coefficient (Wildman–Crippen LogP) is 2.07. The van der Waals surface area contributed by atoms with E-state index in [1.807, 2.05) is 16.8 Å². The number of aliphatic hydroxyl groups excluding tert-OH is 1. The number of nitrogens with zero attached hydrogens (tertiary/aromatic N) is 3. The smallest absolute Gasteiger partial charge is 0.180 e. The zero-order chi connectivity index (χ0) is 12.6. The van der Waals surface area contributed by atoms with Gasteiger partial charge in [-0.3, -0.25) is 0 Å². The molecule has 3 rings (SSSR count). The molecular weight excluding hydrogens is 296 g/mol. The highest BCUT2D eigenvalue weighted by Crippen LogP contribution is 2.48. The summed E-state index contributed by atoms with van der Waals surface area (Å²) in [5, 5.41) is 12.4. The van der Waals surface area contributed by atoms with E-state index in [4.69, 9.17) is 5.11 Å². The second-order valence-electron chi connectivity index (χ2n) is 4.90. The summed E-state index contributed by atoms with van der Waals surface area (Å²) in [6, 6.07) is 0. The molecule has 1 aliphatic rings. The SMILES string of the molecule is OCCC1(CNc2nc(Br)cn3ccnc23)CC1. The number of halogens is 1. The highest BCUT2D eigenvalue weighted by molar-refractivity contribution is 9.10. The van der Waals surface area contributed by atoms with Gasteiger partial charge in [0.25, 0.3) is 0 Å². The molecule has 0 radical (unpaired) electrons. The van der Waals surface area contributed by atoms with Gasteiger partial charge in [0.1, 0.15) is 4.60 Å². The Morgan fingerprint density at radius 3 is 3.06 bits per heavy atom. The first kappa shape index (κ1) is 11.9. The van der Waals surface area contributed by atoms with Crippen LogP contribution in [0.15, 0.2) is 23.2 Å². The van der Waals surface area contributed by atoms with Gasteiger partial charge in [-0.05, 0) is 40.6 Å². The van der Waals surface area contributed by atoms with Gasteiger partial charge in [0.2, 0.25) is 0 Å². The van der Waals surface area contributed by atoms with Crippen LogP contribution in [0.25, 0.3) is 5.65 Å². The number of imidazole rings is 1. The number of nitrogens with one attached hydrogen (secondary N) is 1. The fourth-order valence-corrected chi connectivity index (χ4v) is 2.62. The summed E-state index contributed by atoms with van der Waals surface area (Å²) in [7, 11) is 0. The number of anilines is 1. The van der Waals surface area contributed by atoms with E-state index in [0.717, 1.165) is 29.0 Å². The van der Waals surface area contributed by atoms with Crippen molar-refractivity contribution in [3.05, 3.63) is 23.2 Å². The lowest BCUT2D eigenvalue weighted by Crippen LogP contribution is -2.18. The Labute approximate surface area is 113 Å². The summed E-state index contributed by atoms with van der Waals surface area (Å²) in [5.41, 5.74) is 1.10. The number of aromatic nitrogens is 3. The molecule has 0 aliphatic heterocycles. The lowest BCUT2D eigenvalue weighted by atomic mass is 10.0. The minimum atomic E-state index is 0.256. The van der Waals surface area contributed by atoms with Crippen molar-refractivity contribution in [3.63, 3.8) is 0 Å². The van der Waals surface area contributed by atoms with Crippen molar-refractivity contribution >= 4 is 27.4 Å². The molecule has 5 nitrogen and oxygen atoms in total. The summed E-state index contributed by atoms with van der Waals surface area (Å²) in [6.45, 7) is 1.10. The van der Waals surface area contributed by atoms with Gasteiger partial charge in [0.15, 0.2) is 11.5 Å². The van der Waals surface area contributed by atoms with Crippen LogP contribution in [-0.4, -0.2) is 32.6 Å². The van der Waals surface area contributed by atoms with Crippen molar-refractivity contribution in [1.82, 2.24) is 14.4 Å². The standard InChI is InChI=1S/C12H15BrN4O/c13-9-7-17-5-4-14-11(17)10(16-9)15-8-12(1-2-12)3-6-18/h4-5,7,18H,1-3,6,8H2,(H,15,16). The molecule has 2 heterocycles. The van der Waals surface area contributed by atoms with Crippen molar-refractivity contribution in [1.29, 1.82) is 0 Å². The van der Waals surface area contributed by atoms with Crippen LogP contribution in [0.2, 0.25) is 0 Å². The van der Waals surface area contributed by atoms with E-state index >= 15 is 0 Å². The van der Waals surface area contributed by atoms with E-state index in [1.54, 1.807) is 6.20 Å². The van der Waals surface area contributed by atoms with E-state index in [0.29, 0.717) is 0 Å². The van der Waals surface area contributed by atoms with Gasteiger partial charge >= 0.3 is 0 Å². The van der Waals surface area contributed by atoms with Crippen molar-refractivity contribution < 1.29 is 5.11 Å². The third kappa shape index (κ3) is 2.22. The summed E-state index contributed by atoms with van der Waals surface area (Å²) >= 11 is 3.40. The van der Waals surface area contributed by atoms with Crippen LogP contribution in [0.3, 0.4) is 0 Å². The summed E-state index contributed by atoms with van der Waals surface area (Å²) in [5.74, 6) is 0.790. The Morgan fingerprint density at radius 1 is 1.50 bits per heavy atom. The molecule has 18 heavy (non-hydrogen) atoms. The maximum absolute atomic E-state index is 9.05. The van der Waals surface area contributed by atoms with Gasteiger partial charge in [0.05, 0.1) is 0 Å². The molecular formula is C12H15BrN4O. The van der Waals surface area contributed by atoms with Crippen LogP contribution >= 0.6 is 15.9 Å². The Balaban J connectivity index is 1.80. The minimum absolute atomic E-state index is 0.256. The highest BCUT2D eigenvalue weighted by atomic mass is 79.9. The Bertz CT molecular complexity index is 564. The second-order valence-corrected chi connectivity index (χ2v) is 5.71. The number of aliphatic hydroxyl groups is 1. The van der Waals surface area contributed by atoms with Crippen molar-refractivity contribution in [2.24, 2.45) is 5.41 Å². The van der Waals surface area contributed by atoms with Gasteiger partial charge in [0, 0.05) is 31.7 Å². The number of fused-ring (bicyclic) bond motifs is 1. The van der Waals surface area contributed by atoms with Crippen LogP contribution in [0.5, 0.6) is 0 Å². The normalized spacial score (nSPS) is 17.0. The molecule has 2 aromatic rings. The Hall–Kier alpha value is -1.14. The predicted molar refractivity (Wildman–Crippen MR) is 72.5 cm³/mol. The molecule has 0 saturated heterocycles.